The standard InChI is InChI=1S/C15H19BrN2OS/c1-4-18-9-11(16)8-12(18)14(19)17-10-15(2,3)13-6-5-7-20-13/h5-9H,4,10H2,1-3H3,(H,17,19). The maximum Gasteiger partial charge on any atom is 0.267 e. The molecule has 108 valence electrons. The van der Waals surface area contributed by atoms with Crippen molar-refractivity contribution >= 4 is 33.2 Å². The van der Waals surface area contributed by atoms with Crippen molar-refractivity contribution in [3.8, 4) is 0 Å². The van der Waals surface area contributed by atoms with Crippen LogP contribution in [-0.4, -0.2) is 17.0 Å². The van der Waals surface area contributed by atoms with E-state index in [-0.39, 0.29) is 11.3 Å². The molecule has 0 bridgehead atoms. The van der Waals surface area contributed by atoms with Gasteiger partial charge in [-0.25, -0.2) is 0 Å². The minimum Gasteiger partial charge on any atom is -0.350 e. The van der Waals surface area contributed by atoms with E-state index in [0.29, 0.717) is 12.2 Å². The van der Waals surface area contributed by atoms with Gasteiger partial charge in [-0.3, -0.25) is 4.79 Å². The van der Waals surface area contributed by atoms with Crippen LogP contribution >= 0.6 is 27.3 Å². The quantitative estimate of drug-likeness (QED) is 0.863. The topological polar surface area (TPSA) is 34.0 Å². The number of nitrogens with zero attached hydrogens (tertiary/aromatic N) is 1. The molecule has 0 fully saturated rings. The van der Waals surface area contributed by atoms with Crippen molar-refractivity contribution in [2.24, 2.45) is 0 Å². The van der Waals surface area contributed by atoms with Gasteiger partial charge in [-0.15, -0.1) is 11.3 Å². The lowest BCUT2D eigenvalue weighted by Crippen LogP contribution is -2.36. The number of hydrogen-bond donors (Lipinski definition) is 1. The lowest BCUT2D eigenvalue weighted by molar-refractivity contribution is 0.0936. The molecular weight excluding hydrogens is 336 g/mol. The third-order valence-corrected chi connectivity index (χ3v) is 4.99. The first kappa shape index (κ1) is 15.3. The molecule has 1 N–H and O–H groups in total. The Labute approximate surface area is 132 Å². The van der Waals surface area contributed by atoms with Gasteiger partial charge in [0.1, 0.15) is 5.69 Å². The Morgan fingerprint density at radius 3 is 2.85 bits per heavy atom. The minimum atomic E-state index is -0.0509. The predicted octanol–water partition coefficient (Wildman–Crippen LogP) is 4.04. The summed E-state index contributed by atoms with van der Waals surface area (Å²) < 4.78 is 2.87. The Morgan fingerprint density at radius 2 is 2.25 bits per heavy atom. The van der Waals surface area contributed by atoms with E-state index in [4.69, 9.17) is 0 Å². The van der Waals surface area contributed by atoms with E-state index in [2.05, 4.69) is 46.5 Å². The molecule has 2 aromatic heterocycles. The van der Waals surface area contributed by atoms with Crippen molar-refractivity contribution in [2.45, 2.75) is 32.7 Å². The molecule has 2 rings (SSSR count). The first-order valence-corrected chi connectivity index (χ1v) is 8.29. The van der Waals surface area contributed by atoms with E-state index in [0.717, 1.165) is 11.0 Å². The third kappa shape index (κ3) is 3.33. The van der Waals surface area contributed by atoms with Crippen LogP contribution < -0.4 is 5.32 Å². The smallest absolute Gasteiger partial charge is 0.267 e. The minimum absolute atomic E-state index is 0.0258. The Bertz CT molecular complexity index is 587. The number of thiophene rings is 1. The highest BCUT2D eigenvalue weighted by Gasteiger charge is 2.23. The van der Waals surface area contributed by atoms with Crippen LogP contribution in [0.4, 0.5) is 0 Å². The zero-order chi connectivity index (χ0) is 14.8. The van der Waals surface area contributed by atoms with Crippen LogP contribution in [0.25, 0.3) is 0 Å². The highest BCUT2D eigenvalue weighted by atomic mass is 79.9. The van der Waals surface area contributed by atoms with Crippen molar-refractivity contribution in [3.63, 3.8) is 0 Å². The molecule has 0 saturated carbocycles. The van der Waals surface area contributed by atoms with Crippen LogP contribution in [-0.2, 0) is 12.0 Å². The van der Waals surface area contributed by atoms with Crippen LogP contribution in [0.2, 0.25) is 0 Å². The van der Waals surface area contributed by atoms with Crippen molar-refractivity contribution in [1.82, 2.24) is 9.88 Å². The van der Waals surface area contributed by atoms with E-state index in [1.54, 1.807) is 11.3 Å². The fraction of sp³-hybridized carbons (Fsp3) is 0.400. The number of nitrogens with one attached hydrogen (secondary N) is 1. The molecule has 0 atom stereocenters. The number of hydrogen-bond acceptors (Lipinski definition) is 2. The molecule has 2 aromatic rings. The summed E-state index contributed by atoms with van der Waals surface area (Å²) in [5, 5.41) is 5.11. The lowest BCUT2D eigenvalue weighted by Gasteiger charge is -2.23. The maximum absolute atomic E-state index is 12.3. The van der Waals surface area contributed by atoms with Crippen molar-refractivity contribution < 1.29 is 4.79 Å². The van der Waals surface area contributed by atoms with E-state index in [1.807, 2.05) is 29.8 Å². The second-order valence-electron chi connectivity index (χ2n) is 5.37. The zero-order valence-corrected chi connectivity index (χ0v) is 14.3. The van der Waals surface area contributed by atoms with Crippen LogP contribution in [0.15, 0.2) is 34.2 Å². The van der Waals surface area contributed by atoms with E-state index < -0.39 is 0 Å². The van der Waals surface area contributed by atoms with Crippen molar-refractivity contribution in [3.05, 3.63) is 44.8 Å². The van der Waals surface area contributed by atoms with Crippen LogP contribution in [0.3, 0.4) is 0 Å². The van der Waals surface area contributed by atoms with Gasteiger partial charge in [0.05, 0.1) is 0 Å². The molecule has 0 aromatic carbocycles. The molecule has 3 nitrogen and oxygen atoms in total. The van der Waals surface area contributed by atoms with Crippen LogP contribution in [0.5, 0.6) is 0 Å². The van der Waals surface area contributed by atoms with Gasteiger partial charge >= 0.3 is 0 Å². The molecule has 0 spiro atoms. The molecule has 0 saturated heterocycles. The highest BCUT2D eigenvalue weighted by Crippen LogP contribution is 2.26. The molecular formula is C15H19BrN2OS. The second-order valence-corrected chi connectivity index (χ2v) is 7.24. The second kappa shape index (κ2) is 6.14. The van der Waals surface area contributed by atoms with Gasteiger partial charge in [0, 0.05) is 34.1 Å². The number of carbonyl (C=O) groups is 1. The number of rotatable bonds is 5. The summed E-state index contributed by atoms with van der Waals surface area (Å²) in [6.45, 7) is 7.72. The summed E-state index contributed by atoms with van der Waals surface area (Å²) >= 11 is 5.14. The first-order chi connectivity index (χ1) is 9.44. The van der Waals surface area contributed by atoms with Gasteiger partial charge in [0.2, 0.25) is 0 Å². The Kier molecular flexibility index (Phi) is 4.70. The number of aromatic nitrogens is 1. The molecule has 0 unspecified atom stereocenters. The van der Waals surface area contributed by atoms with E-state index in [1.165, 1.54) is 4.88 Å². The van der Waals surface area contributed by atoms with Crippen LogP contribution in [0.1, 0.15) is 36.1 Å². The van der Waals surface area contributed by atoms with Crippen molar-refractivity contribution in [2.75, 3.05) is 6.54 Å². The Balaban J connectivity index is 2.05. The van der Waals surface area contributed by atoms with Gasteiger partial charge in [-0.05, 0) is 40.4 Å². The van der Waals surface area contributed by atoms with Gasteiger partial charge in [0.25, 0.3) is 5.91 Å². The average Bonchev–Trinajstić information content (AvgIpc) is 3.05. The summed E-state index contributed by atoms with van der Waals surface area (Å²) in [5.41, 5.74) is 0.645. The van der Waals surface area contributed by atoms with Crippen molar-refractivity contribution in [1.29, 1.82) is 0 Å². The van der Waals surface area contributed by atoms with Gasteiger partial charge in [0.15, 0.2) is 0 Å². The summed E-state index contributed by atoms with van der Waals surface area (Å²) in [6, 6.07) is 6.02. The zero-order valence-electron chi connectivity index (χ0n) is 11.9. The molecule has 0 aliphatic heterocycles. The van der Waals surface area contributed by atoms with Gasteiger partial charge < -0.3 is 9.88 Å². The fourth-order valence-corrected chi connectivity index (χ4v) is 3.39. The molecule has 0 aliphatic carbocycles. The van der Waals surface area contributed by atoms with E-state index >= 15 is 0 Å². The lowest BCUT2D eigenvalue weighted by atomic mass is 9.91. The van der Waals surface area contributed by atoms with Gasteiger partial charge in [-0.2, -0.15) is 0 Å². The molecule has 5 heteroatoms. The number of carbonyl (C=O) groups excluding carboxylic acids is 1. The normalized spacial score (nSPS) is 11.6. The number of aryl methyl sites for hydroxylation is 1. The summed E-state index contributed by atoms with van der Waals surface area (Å²) in [7, 11) is 0. The third-order valence-electron chi connectivity index (χ3n) is 3.32. The fourth-order valence-electron chi connectivity index (χ4n) is 2.07. The first-order valence-electron chi connectivity index (χ1n) is 6.62. The molecule has 20 heavy (non-hydrogen) atoms. The van der Waals surface area contributed by atoms with Gasteiger partial charge in [-0.1, -0.05) is 19.9 Å². The molecule has 0 aliphatic rings. The monoisotopic (exact) mass is 354 g/mol. The average molecular weight is 355 g/mol. The molecule has 1 amide bonds. The summed E-state index contributed by atoms with van der Waals surface area (Å²) in [6.07, 6.45) is 1.93. The van der Waals surface area contributed by atoms with Crippen LogP contribution in [0, 0.1) is 0 Å². The Morgan fingerprint density at radius 1 is 1.50 bits per heavy atom. The Hall–Kier alpha value is -1.07. The largest absolute Gasteiger partial charge is 0.350 e. The summed E-state index contributed by atoms with van der Waals surface area (Å²) in [4.78, 5) is 13.6. The molecule has 0 radical (unpaired) electrons. The SMILES string of the molecule is CCn1cc(Br)cc1C(=O)NCC(C)(C)c1cccs1. The molecule has 2 heterocycles. The maximum atomic E-state index is 12.3. The highest BCUT2D eigenvalue weighted by molar-refractivity contribution is 9.10. The number of halogens is 1. The van der Waals surface area contributed by atoms with E-state index in [9.17, 15) is 4.79 Å². The predicted molar refractivity (Wildman–Crippen MR) is 87.5 cm³/mol. The summed E-state index contributed by atoms with van der Waals surface area (Å²) in [5.74, 6) is -0.0258. The number of amides is 1.